The molecule has 0 bridgehead atoms. The molecule has 3 atom stereocenters. The maximum Gasteiger partial charge on any atom is 0.253 e. The molecule has 0 aromatic heterocycles. The van der Waals surface area contributed by atoms with Gasteiger partial charge < -0.3 is 10.2 Å². The average molecular weight is 409 g/mol. The Kier molecular flexibility index (Phi) is 5.96. The minimum absolute atomic E-state index is 0.145. The normalized spacial score (nSPS) is 22.0. The summed E-state index contributed by atoms with van der Waals surface area (Å²) in [5.41, 5.74) is 4.38. The Labute approximate surface area is 178 Å². The van der Waals surface area contributed by atoms with Gasteiger partial charge in [-0.25, -0.2) is 0 Å². The van der Waals surface area contributed by atoms with Crippen LogP contribution in [0.25, 0.3) is 0 Å². The first kappa shape index (κ1) is 20.0. The number of nitrogens with one attached hydrogen (secondary N) is 1. The Morgan fingerprint density at radius 2 is 1.93 bits per heavy atom. The van der Waals surface area contributed by atoms with Crippen LogP contribution in [0, 0.1) is 5.92 Å². The van der Waals surface area contributed by atoms with E-state index in [4.69, 9.17) is 11.6 Å². The first-order valence-corrected chi connectivity index (χ1v) is 11.1. The van der Waals surface area contributed by atoms with Crippen LogP contribution >= 0.6 is 11.6 Å². The summed E-state index contributed by atoms with van der Waals surface area (Å²) in [6.45, 7) is 5.86. The number of anilines is 1. The topological polar surface area (TPSA) is 32.3 Å². The van der Waals surface area contributed by atoms with Crippen molar-refractivity contribution in [2.45, 2.75) is 45.1 Å². The molecule has 3 nitrogen and oxygen atoms in total. The van der Waals surface area contributed by atoms with Gasteiger partial charge in [0.2, 0.25) is 0 Å². The van der Waals surface area contributed by atoms with Gasteiger partial charge in [-0.2, -0.15) is 0 Å². The zero-order valence-electron chi connectivity index (χ0n) is 17.2. The molecule has 2 aliphatic rings. The van der Waals surface area contributed by atoms with E-state index in [1.165, 1.54) is 11.1 Å². The van der Waals surface area contributed by atoms with Crippen LogP contribution in [0.15, 0.2) is 54.6 Å². The van der Waals surface area contributed by atoms with E-state index in [9.17, 15) is 4.79 Å². The molecule has 0 fully saturated rings. The number of rotatable bonds is 6. The predicted molar refractivity (Wildman–Crippen MR) is 121 cm³/mol. The summed E-state index contributed by atoms with van der Waals surface area (Å²) >= 11 is 6.26. The van der Waals surface area contributed by atoms with Crippen LogP contribution < -0.4 is 5.32 Å². The van der Waals surface area contributed by atoms with Gasteiger partial charge in [-0.1, -0.05) is 49.7 Å². The molecule has 4 heteroatoms. The van der Waals surface area contributed by atoms with Gasteiger partial charge in [0.15, 0.2) is 0 Å². The van der Waals surface area contributed by atoms with Crippen molar-refractivity contribution >= 4 is 23.2 Å². The molecule has 0 radical (unpaired) electrons. The smallest absolute Gasteiger partial charge is 0.253 e. The molecule has 1 heterocycles. The van der Waals surface area contributed by atoms with Gasteiger partial charge in [-0.3, -0.25) is 4.79 Å². The summed E-state index contributed by atoms with van der Waals surface area (Å²) in [4.78, 5) is 15.1. The molecule has 4 rings (SSSR count). The first-order valence-electron chi connectivity index (χ1n) is 10.7. The Balaban J connectivity index is 1.66. The molecule has 1 aliphatic heterocycles. The van der Waals surface area contributed by atoms with Crippen LogP contribution in [0.4, 0.5) is 5.69 Å². The zero-order chi connectivity index (χ0) is 20.4. The van der Waals surface area contributed by atoms with Crippen molar-refractivity contribution in [3.8, 4) is 0 Å². The van der Waals surface area contributed by atoms with E-state index >= 15 is 0 Å². The molecule has 1 N–H and O–H groups in total. The minimum atomic E-state index is 0.145. The van der Waals surface area contributed by atoms with Gasteiger partial charge in [-0.15, -0.1) is 0 Å². The third-order valence-corrected chi connectivity index (χ3v) is 6.33. The van der Waals surface area contributed by atoms with Gasteiger partial charge in [0, 0.05) is 35.3 Å². The zero-order valence-corrected chi connectivity index (χ0v) is 18.0. The van der Waals surface area contributed by atoms with Crippen molar-refractivity contribution in [2.24, 2.45) is 5.92 Å². The van der Waals surface area contributed by atoms with E-state index in [1.807, 2.05) is 23.1 Å². The first-order chi connectivity index (χ1) is 14.1. The monoisotopic (exact) mass is 408 g/mol. The molecule has 152 valence electrons. The summed E-state index contributed by atoms with van der Waals surface area (Å²) in [6.07, 6.45) is 7.58. The maximum absolute atomic E-state index is 13.1. The van der Waals surface area contributed by atoms with Gasteiger partial charge >= 0.3 is 0 Å². The summed E-state index contributed by atoms with van der Waals surface area (Å²) in [7, 11) is 0. The van der Waals surface area contributed by atoms with Crippen LogP contribution in [0.3, 0.4) is 0 Å². The number of benzene rings is 2. The van der Waals surface area contributed by atoms with Crippen LogP contribution in [-0.4, -0.2) is 23.9 Å². The average Bonchev–Trinajstić information content (AvgIpc) is 3.22. The van der Waals surface area contributed by atoms with E-state index in [0.717, 1.165) is 48.6 Å². The van der Waals surface area contributed by atoms with Crippen molar-refractivity contribution in [1.82, 2.24) is 4.90 Å². The molecule has 1 amide bonds. The predicted octanol–water partition coefficient (Wildman–Crippen LogP) is 6.43. The largest absolute Gasteiger partial charge is 0.378 e. The summed E-state index contributed by atoms with van der Waals surface area (Å²) < 4.78 is 0. The number of nitrogens with zero attached hydrogens (tertiary/aromatic N) is 1. The van der Waals surface area contributed by atoms with E-state index in [-0.39, 0.29) is 11.9 Å². The number of hydrogen-bond acceptors (Lipinski definition) is 2. The molecule has 0 saturated heterocycles. The number of carbonyl (C=O) groups excluding carboxylic acids is 1. The molecular formula is C25H29ClN2O. The quantitative estimate of drug-likeness (QED) is 0.558. The highest BCUT2D eigenvalue weighted by Crippen LogP contribution is 2.50. The lowest BCUT2D eigenvalue weighted by atomic mass is 9.76. The van der Waals surface area contributed by atoms with E-state index in [0.29, 0.717) is 11.8 Å². The lowest BCUT2D eigenvalue weighted by Crippen LogP contribution is -2.33. The lowest BCUT2D eigenvalue weighted by Gasteiger charge is -2.38. The van der Waals surface area contributed by atoms with Crippen molar-refractivity contribution < 1.29 is 4.79 Å². The second kappa shape index (κ2) is 8.62. The van der Waals surface area contributed by atoms with Crippen molar-refractivity contribution in [1.29, 1.82) is 0 Å². The fourth-order valence-corrected chi connectivity index (χ4v) is 4.99. The van der Waals surface area contributed by atoms with Crippen LogP contribution in [0.5, 0.6) is 0 Å². The van der Waals surface area contributed by atoms with Gasteiger partial charge in [0.05, 0.1) is 6.04 Å². The Hall–Kier alpha value is -2.26. The van der Waals surface area contributed by atoms with E-state index in [1.54, 1.807) is 0 Å². The molecular weight excluding hydrogens is 380 g/mol. The second-order valence-electron chi connectivity index (χ2n) is 8.12. The lowest BCUT2D eigenvalue weighted by molar-refractivity contribution is 0.0755. The van der Waals surface area contributed by atoms with Crippen molar-refractivity contribution in [2.75, 3.05) is 18.4 Å². The molecule has 0 saturated carbocycles. The highest BCUT2D eigenvalue weighted by molar-refractivity contribution is 6.30. The summed E-state index contributed by atoms with van der Waals surface area (Å²) in [6, 6.07) is 14.5. The molecule has 0 spiro atoms. The number of fused-ring (bicyclic) bond motifs is 3. The SMILES string of the molecule is CCCN(CCC)C(=O)c1ccc2c(c1)C1C=CCC1C(c1cccc(Cl)c1)N2. The Bertz CT molecular complexity index is 917. The van der Waals surface area contributed by atoms with Crippen LogP contribution in [0.1, 0.15) is 66.6 Å². The van der Waals surface area contributed by atoms with Crippen LogP contribution in [0.2, 0.25) is 5.02 Å². The number of carbonyl (C=O) groups is 1. The minimum Gasteiger partial charge on any atom is -0.378 e. The Morgan fingerprint density at radius 1 is 1.14 bits per heavy atom. The van der Waals surface area contributed by atoms with Gasteiger partial charge in [0.1, 0.15) is 0 Å². The summed E-state index contributed by atoms with van der Waals surface area (Å²) in [5, 5.41) is 4.50. The third kappa shape index (κ3) is 3.93. The fraction of sp³-hybridized carbons (Fsp3) is 0.400. The molecule has 29 heavy (non-hydrogen) atoms. The van der Waals surface area contributed by atoms with Crippen LogP contribution in [-0.2, 0) is 0 Å². The number of allylic oxidation sites excluding steroid dienone is 2. The fourth-order valence-electron chi connectivity index (χ4n) is 4.79. The summed E-state index contributed by atoms with van der Waals surface area (Å²) in [5.74, 6) is 0.912. The van der Waals surface area contributed by atoms with E-state index < -0.39 is 0 Å². The number of halogens is 1. The van der Waals surface area contributed by atoms with Gasteiger partial charge in [-0.05, 0) is 66.6 Å². The molecule has 2 aromatic rings. The highest BCUT2D eigenvalue weighted by Gasteiger charge is 2.38. The number of hydrogen-bond donors (Lipinski definition) is 1. The van der Waals surface area contributed by atoms with E-state index in [2.05, 4.69) is 55.6 Å². The molecule has 1 aliphatic carbocycles. The molecule has 3 unspecified atom stereocenters. The van der Waals surface area contributed by atoms with Crippen molar-refractivity contribution in [3.63, 3.8) is 0 Å². The Morgan fingerprint density at radius 3 is 2.66 bits per heavy atom. The maximum atomic E-state index is 13.1. The van der Waals surface area contributed by atoms with Gasteiger partial charge in [0.25, 0.3) is 5.91 Å². The second-order valence-corrected chi connectivity index (χ2v) is 8.56. The third-order valence-electron chi connectivity index (χ3n) is 6.09. The molecule has 2 aromatic carbocycles. The van der Waals surface area contributed by atoms with Crippen molar-refractivity contribution in [3.05, 3.63) is 76.3 Å². The highest BCUT2D eigenvalue weighted by atomic mass is 35.5. The number of amides is 1. The standard InChI is InChI=1S/C25H29ClN2O/c1-3-13-28(14-4-2)25(29)18-11-12-23-22(16-18)20-9-6-10-21(20)24(27-23)17-7-5-8-19(26)15-17/h5-9,11-12,15-16,20-21,24,27H,3-4,10,13-14H2,1-2H3.